The molecule has 0 saturated heterocycles. The maximum Gasteiger partial charge on any atom is 0.412 e. The molecule has 0 aromatic heterocycles. The second-order valence-corrected chi connectivity index (χ2v) is 6.88. The number of ether oxygens (including phenoxy) is 1. The van der Waals surface area contributed by atoms with Crippen LogP contribution in [0.4, 0.5) is 10.5 Å². The Kier molecular flexibility index (Phi) is 4.44. The minimum Gasteiger partial charge on any atom is -0.481 e. The lowest BCUT2D eigenvalue weighted by molar-refractivity contribution is -0.139. The molecule has 1 saturated carbocycles. The third-order valence-electron chi connectivity index (χ3n) is 3.93. The lowest BCUT2D eigenvalue weighted by Crippen LogP contribution is -2.37. The summed E-state index contributed by atoms with van der Waals surface area (Å²) < 4.78 is 5.28. The van der Waals surface area contributed by atoms with Crippen molar-refractivity contribution in [3.8, 4) is 0 Å². The van der Waals surface area contributed by atoms with E-state index >= 15 is 0 Å². The molecule has 0 atom stereocenters. The largest absolute Gasteiger partial charge is 0.481 e. The van der Waals surface area contributed by atoms with E-state index in [9.17, 15) is 14.7 Å². The summed E-state index contributed by atoms with van der Waals surface area (Å²) in [5.41, 5.74) is 0.568. The van der Waals surface area contributed by atoms with E-state index in [1.54, 1.807) is 26.8 Å². The van der Waals surface area contributed by atoms with Crippen LogP contribution in [0.1, 0.15) is 52.0 Å². The number of carboxylic acids is 1. The van der Waals surface area contributed by atoms with E-state index in [1.807, 2.05) is 18.2 Å². The van der Waals surface area contributed by atoms with Gasteiger partial charge in [-0.2, -0.15) is 0 Å². The third-order valence-corrected chi connectivity index (χ3v) is 3.93. The third kappa shape index (κ3) is 3.78. The van der Waals surface area contributed by atoms with Crippen LogP contribution in [0.5, 0.6) is 0 Å². The Morgan fingerprint density at radius 1 is 1.27 bits per heavy atom. The molecule has 2 N–H and O–H groups in total. The molecule has 0 radical (unpaired) electrons. The first kappa shape index (κ1) is 16.3. The molecule has 1 amide bonds. The molecule has 0 spiro atoms. The van der Waals surface area contributed by atoms with E-state index < -0.39 is 17.7 Å². The number of anilines is 1. The van der Waals surface area contributed by atoms with Gasteiger partial charge in [0.15, 0.2) is 0 Å². The standard InChI is InChI=1S/C17H23NO4/c1-16(2,3)22-15(21)18-13-8-5-4-7-12(13)17(9-6-10-17)11-14(19)20/h4-5,7-8H,6,9-11H2,1-3H3,(H,18,21)(H,19,20). The number of aliphatic carboxylic acids is 1. The van der Waals surface area contributed by atoms with Crippen molar-refractivity contribution in [3.63, 3.8) is 0 Å². The maximum absolute atomic E-state index is 12.0. The highest BCUT2D eigenvalue weighted by Crippen LogP contribution is 2.48. The monoisotopic (exact) mass is 305 g/mol. The highest BCUT2D eigenvalue weighted by molar-refractivity contribution is 5.86. The van der Waals surface area contributed by atoms with E-state index in [1.165, 1.54) is 0 Å². The van der Waals surface area contributed by atoms with Gasteiger partial charge in [0.1, 0.15) is 5.60 Å². The zero-order valence-corrected chi connectivity index (χ0v) is 13.3. The first-order chi connectivity index (χ1) is 10.2. The summed E-state index contributed by atoms with van der Waals surface area (Å²) >= 11 is 0. The van der Waals surface area contributed by atoms with Gasteiger partial charge in [0.2, 0.25) is 0 Å². The Balaban J connectivity index is 2.23. The molecule has 0 unspecified atom stereocenters. The fourth-order valence-corrected chi connectivity index (χ4v) is 2.90. The number of carbonyl (C=O) groups excluding carboxylic acids is 1. The highest BCUT2D eigenvalue weighted by Gasteiger charge is 2.42. The Morgan fingerprint density at radius 3 is 2.41 bits per heavy atom. The lowest BCUT2D eigenvalue weighted by Gasteiger charge is -2.42. The number of carboxylic acid groups (broad SMARTS) is 1. The average Bonchev–Trinajstić information content (AvgIpc) is 2.32. The van der Waals surface area contributed by atoms with E-state index in [0.29, 0.717) is 5.69 Å². The fourth-order valence-electron chi connectivity index (χ4n) is 2.90. The van der Waals surface area contributed by atoms with Crippen LogP contribution >= 0.6 is 0 Å². The van der Waals surface area contributed by atoms with Gasteiger partial charge in [-0.1, -0.05) is 24.6 Å². The Hall–Kier alpha value is -2.04. The Morgan fingerprint density at radius 2 is 1.91 bits per heavy atom. The molecule has 1 aliphatic rings. The second-order valence-electron chi connectivity index (χ2n) is 6.88. The van der Waals surface area contributed by atoms with E-state index in [-0.39, 0.29) is 11.8 Å². The lowest BCUT2D eigenvalue weighted by atomic mass is 9.62. The number of hydrogen-bond donors (Lipinski definition) is 2. The number of amides is 1. The van der Waals surface area contributed by atoms with Crippen LogP contribution in [0.15, 0.2) is 24.3 Å². The maximum atomic E-state index is 12.0. The van der Waals surface area contributed by atoms with Crippen LogP contribution in [-0.4, -0.2) is 22.8 Å². The first-order valence-electron chi connectivity index (χ1n) is 7.53. The topological polar surface area (TPSA) is 75.6 Å². The number of benzene rings is 1. The molecule has 1 aliphatic carbocycles. The predicted octanol–water partition coefficient (Wildman–Crippen LogP) is 3.93. The van der Waals surface area contributed by atoms with Crippen LogP contribution in [0.3, 0.4) is 0 Å². The van der Waals surface area contributed by atoms with Gasteiger partial charge in [-0.3, -0.25) is 10.1 Å². The smallest absolute Gasteiger partial charge is 0.412 e. The van der Waals surface area contributed by atoms with Gasteiger partial charge in [-0.25, -0.2) is 4.79 Å². The van der Waals surface area contributed by atoms with E-state index in [4.69, 9.17) is 4.74 Å². The quantitative estimate of drug-likeness (QED) is 0.883. The molecule has 120 valence electrons. The van der Waals surface area contributed by atoms with Crippen LogP contribution in [-0.2, 0) is 14.9 Å². The van der Waals surface area contributed by atoms with Crippen molar-refractivity contribution in [2.45, 2.75) is 57.5 Å². The van der Waals surface area contributed by atoms with Crippen molar-refractivity contribution in [1.29, 1.82) is 0 Å². The SMILES string of the molecule is CC(C)(C)OC(=O)Nc1ccccc1C1(CC(=O)O)CCC1. The first-order valence-corrected chi connectivity index (χ1v) is 7.53. The van der Waals surface area contributed by atoms with Gasteiger partial charge in [0.25, 0.3) is 0 Å². The van der Waals surface area contributed by atoms with Crippen molar-refractivity contribution in [1.82, 2.24) is 0 Å². The van der Waals surface area contributed by atoms with Gasteiger partial charge < -0.3 is 9.84 Å². The summed E-state index contributed by atoms with van der Waals surface area (Å²) in [4.78, 5) is 23.2. The van der Waals surface area contributed by atoms with Crippen molar-refractivity contribution in [2.75, 3.05) is 5.32 Å². The average molecular weight is 305 g/mol. The number of nitrogens with one attached hydrogen (secondary N) is 1. The molecule has 22 heavy (non-hydrogen) atoms. The summed E-state index contributed by atoms with van der Waals surface area (Å²) in [7, 11) is 0. The van der Waals surface area contributed by atoms with Crippen molar-refractivity contribution >= 4 is 17.7 Å². The van der Waals surface area contributed by atoms with Crippen molar-refractivity contribution < 1.29 is 19.4 Å². The molecular formula is C17H23NO4. The van der Waals surface area contributed by atoms with Crippen LogP contribution < -0.4 is 5.32 Å². The predicted molar refractivity (Wildman–Crippen MR) is 84.1 cm³/mol. The van der Waals surface area contributed by atoms with Gasteiger partial charge in [0.05, 0.1) is 6.42 Å². The van der Waals surface area contributed by atoms with Crippen LogP contribution in [0.25, 0.3) is 0 Å². The summed E-state index contributed by atoms with van der Waals surface area (Å²) in [5, 5.41) is 11.9. The van der Waals surface area contributed by atoms with Gasteiger partial charge in [-0.05, 0) is 45.2 Å². The summed E-state index contributed by atoms with van der Waals surface area (Å²) in [6.07, 6.45) is 2.22. The second kappa shape index (κ2) is 5.99. The number of rotatable bonds is 4. The fraction of sp³-hybridized carbons (Fsp3) is 0.529. The zero-order chi connectivity index (χ0) is 16.4. The molecule has 0 aliphatic heterocycles. The number of hydrogen-bond acceptors (Lipinski definition) is 3. The highest BCUT2D eigenvalue weighted by atomic mass is 16.6. The van der Waals surface area contributed by atoms with E-state index in [2.05, 4.69) is 5.32 Å². The number of carbonyl (C=O) groups is 2. The van der Waals surface area contributed by atoms with Gasteiger partial charge >= 0.3 is 12.1 Å². The summed E-state index contributed by atoms with van der Waals surface area (Å²) in [6, 6.07) is 7.39. The van der Waals surface area contributed by atoms with Crippen LogP contribution in [0, 0.1) is 0 Å². The Bertz CT molecular complexity index is 570. The molecule has 0 heterocycles. The molecule has 1 fully saturated rings. The van der Waals surface area contributed by atoms with Gasteiger partial charge in [0, 0.05) is 11.1 Å². The molecule has 5 nitrogen and oxygen atoms in total. The van der Waals surface area contributed by atoms with Crippen molar-refractivity contribution in [3.05, 3.63) is 29.8 Å². The normalized spacial score (nSPS) is 16.5. The van der Waals surface area contributed by atoms with Crippen molar-refractivity contribution in [2.24, 2.45) is 0 Å². The molecule has 0 bridgehead atoms. The molecular weight excluding hydrogens is 282 g/mol. The van der Waals surface area contributed by atoms with Gasteiger partial charge in [-0.15, -0.1) is 0 Å². The molecule has 1 aromatic carbocycles. The van der Waals surface area contributed by atoms with E-state index in [0.717, 1.165) is 24.8 Å². The molecule has 5 heteroatoms. The minimum absolute atomic E-state index is 0.0833. The number of para-hydroxylation sites is 1. The summed E-state index contributed by atoms with van der Waals surface area (Å²) in [6.45, 7) is 5.41. The zero-order valence-electron chi connectivity index (χ0n) is 13.3. The molecule has 1 aromatic rings. The minimum atomic E-state index is -0.813. The summed E-state index contributed by atoms with van der Waals surface area (Å²) in [5.74, 6) is -0.813. The van der Waals surface area contributed by atoms with Crippen LogP contribution in [0.2, 0.25) is 0 Å². The molecule has 2 rings (SSSR count). The Labute approximate surface area is 130 Å².